The van der Waals surface area contributed by atoms with E-state index in [-0.39, 0.29) is 5.56 Å². The molecule has 102 valence electrons. The van der Waals surface area contributed by atoms with Crippen molar-refractivity contribution in [3.8, 4) is 6.07 Å². The summed E-state index contributed by atoms with van der Waals surface area (Å²) in [7, 11) is 0. The summed E-state index contributed by atoms with van der Waals surface area (Å²) >= 11 is 0. The largest absolute Gasteiger partial charge is 0.343 e. The zero-order valence-electron chi connectivity index (χ0n) is 10.6. The molecule has 0 saturated carbocycles. The minimum absolute atomic E-state index is 0.130. The summed E-state index contributed by atoms with van der Waals surface area (Å²) in [5, 5.41) is 11.4. The number of carbonyl (C=O) groups excluding carboxylic acids is 1. The molecule has 0 bridgehead atoms. The van der Waals surface area contributed by atoms with Crippen molar-refractivity contribution in [2.24, 2.45) is 0 Å². The number of hydrogen-bond acceptors (Lipinski definition) is 4. The normalized spacial score (nSPS) is 10.3. The molecular weight excluding hydrogens is 273 g/mol. The van der Waals surface area contributed by atoms with Crippen molar-refractivity contribution in [3.05, 3.63) is 53.7 Å². The van der Waals surface area contributed by atoms with Crippen molar-refractivity contribution in [1.29, 1.82) is 5.26 Å². The number of nitrogens with one attached hydrogen (secondary N) is 2. The average Bonchev–Trinajstić information content (AvgIpc) is 2.97. The lowest BCUT2D eigenvalue weighted by Gasteiger charge is -2.06. The molecule has 0 fully saturated rings. The van der Waals surface area contributed by atoms with Crippen molar-refractivity contribution in [3.63, 3.8) is 0 Å². The minimum atomic E-state index is -0.629. The van der Waals surface area contributed by atoms with Crippen LogP contribution in [0.5, 0.6) is 0 Å². The van der Waals surface area contributed by atoms with Crippen LogP contribution in [0.4, 0.5) is 10.1 Å². The smallest absolute Gasteiger partial charge is 0.257 e. The van der Waals surface area contributed by atoms with E-state index in [1.54, 1.807) is 12.1 Å². The van der Waals surface area contributed by atoms with Gasteiger partial charge in [-0.3, -0.25) is 4.79 Å². The van der Waals surface area contributed by atoms with E-state index in [9.17, 15) is 9.18 Å². The standard InChI is InChI=1S/C14H8FN5O/c15-11-2-1-9(5-8(11)6-16)20-14(21)10-3-4-17-13-12(10)18-7-19-13/h1-5,7H,(H,20,21)(H,17,18,19). The van der Waals surface area contributed by atoms with E-state index < -0.39 is 11.7 Å². The summed E-state index contributed by atoms with van der Waals surface area (Å²) < 4.78 is 13.2. The van der Waals surface area contributed by atoms with E-state index in [0.717, 1.165) is 6.07 Å². The quantitative estimate of drug-likeness (QED) is 0.753. The van der Waals surface area contributed by atoms with Gasteiger partial charge in [-0.15, -0.1) is 0 Å². The fourth-order valence-electron chi connectivity index (χ4n) is 1.93. The first kappa shape index (κ1) is 12.7. The first-order valence-electron chi connectivity index (χ1n) is 5.98. The van der Waals surface area contributed by atoms with Crippen LogP contribution in [0.3, 0.4) is 0 Å². The lowest BCUT2D eigenvalue weighted by Crippen LogP contribution is -2.13. The number of nitriles is 1. The number of H-pyrrole nitrogens is 1. The number of halogens is 1. The molecule has 0 atom stereocenters. The van der Waals surface area contributed by atoms with Crippen molar-refractivity contribution in [2.45, 2.75) is 0 Å². The van der Waals surface area contributed by atoms with E-state index >= 15 is 0 Å². The number of imidazole rings is 1. The van der Waals surface area contributed by atoms with E-state index in [0.29, 0.717) is 22.4 Å². The topological polar surface area (TPSA) is 94.5 Å². The highest BCUT2D eigenvalue weighted by atomic mass is 19.1. The molecule has 1 aromatic carbocycles. The van der Waals surface area contributed by atoms with Gasteiger partial charge in [-0.25, -0.2) is 14.4 Å². The Morgan fingerprint density at radius 2 is 2.19 bits per heavy atom. The molecule has 0 unspecified atom stereocenters. The van der Waals surface area contributed by atoms with E-state index in [4.69, 9.17) is 5.26 Å². The fourth-order valence-corrected chi connectivity index (χ4v) is 1.93. The predicted octanol–water partition coefficient (Wildman–Crippen LogP) is 2.22. The zero-order valence-corrected chi connectivity index (χ0v) is 10.6. The third-order valence-corrected chi connectivity index (χ3v) is 2.92. The minimum Gasteiger partial charge on any atom is -0.343 e. The lowest BCUT2D eigenvalue weighted by molar-refractivity contribution is 0.102. The summed E-state index contributed by atoms with van der Waals surface area (Å²) in [6, 6.07) is 7.06. The van der Waals surface area contributed by atoms with Crippen LogP contribution in [0.1, 0.15) is 15.9 Å². The Morgan fingerprint density at radius 3 is 3.00 bits per heavy atom. The lowest BCUT2D eigenvalue weighted by atomic mass is 10.2. The van der Waals surface area contributed by atoms with Crippen LogP contribution in [0.2, 0.25) is 0 Å². The molecule has 2 heterocycles. The van der Waals surface area contributed by atoms with Crippen molar-refractivity contribution in [1.82, 2.24) is 15.0 Å². The highest BCUT2D eigenvalue weighted by Gasteiger charge is 2.13. The van der Waals surface area contributed by atoms with E-state index in [2.05, 4.69) is 20.3 Å². The first-order valence-corrected chi connectivity index (χ1v) is 5.98. The molecule has 7 heteroatoms. The SMILES string of the molecule is N#Cc1cc(NC(=O)c2ccnc3nc[nH]c23)ccc1F. The molecule has 0 spiro atoms. The van der Waals surface area contributed by atoms with Crippen LogP contribution in [0, 0.1) is 17.1 Å². The Bertz CT molecular complexity index is 880. The molecule has 0 aliphatic rings. The predicted molar refractivity (Wildman–Crippen MR) is 73.0 cm³/mol. The average molecular weight is 281 g/mol. The van der Waals surface area contributed by atoms with Crippen LogP contribution in [-0.2, 0) is 0 Å². The molecule has 6 nitrogen and oxygen atoms in total. The molecule has 2 aromatic heterocycles. The Hall–Kier alpha value is -3.27. The van der Waals surface area contributed by atoms with Crippen LogP contribution >= 0.6 is 0 Å². The Balaban J connectivity index is 1.93. The van der Waals surface area contributed by atoms with Gasteiger partial charge in [0.15, 0.2) is 5.65 Å². The number of aromatic nitrogens is 3. The van der Waals surface area contributed by atoms with Crippen molar-refractivity contribution >= 4 is 22.8 Å². The summed E-state index contributed by atoms with van der Waals surface area (Å²) in [5.41, 5.74) is 1.51. The number of hydrogen-bond donors (Lipinski definition) is 2. The summed E-state index contributed by atoms with van der Waals surface area (Å²) in [5.74, 6) is -1.03. The molecule has 21 heavy (non-hydrogen) atoms. The molecule has 3 aromatic rings. The summed E-state index contributed by atoms with van der Waals surface area (Å²) in [6.45, 7) is 0. The second kappa shape index (κ2) is 5.02. The van der Waals surface area contributed by atoms with Crippen molar-refractivity contribution in [2.75, 3.05) is 5.32 Å². The molecule has 0 radical (unpaired) electrons. The molecule has 3 rings (SSSR count). The molecular formula is C14H8FN5O. The first-order chi connectivity index (χ1) is 10.2. The van der Waals surface area contributed by atoms with Gasteiger partial charge >= 0.3 is 0 Å². The molecule has 2 N–H and O–H groups in total. The van der Waals surface area contributed by atoms with Gasteiger partial charge < -0.3 is 10.3 Å². The number of pyridine rings is 1. The van der Waals surface area contributed by atoms with Gasteiger partial charge in [0, 0.05) is 11.9 Å². The highest BCUT2D eigenvalue weighted by molar-refractivity contribution is 6.10. The van der Waals surface area contributed by atoms with Gasteiger partial charge in [0.1, 0.15) is 11.9 Å². The summed E-state index contributed by atoms with van der Waals surface area (Å²) in [6.07, 6.45) is 2.92. The van der Waals surface area contributed by atoms with Crippen LogP contribution < -0.4 is 5.32 Å². The van der Waals surface area contributed by atoms with Gasteiger partial charge in [-0.1, -0.05) is 0 Å². The van der Waals surface area contributed by atoms with Crippen molar-refractivity contribution < 1.29 is 9.18 Å². The third-order valence-electron chi connectivity index (χ3n) is 2.92. The number of aromatic amines is 1. The number of carbonyl (C=O) groups is 1. The van der Waals surface area contributed by atoms with Gasteiger partial charge in [0.2, 0.25) is 0 Å². The highest BCUT2D eigenvalue weighted by Crippen LogP contribution is 2.17. The summed E-state index contributed by atoms with van der Waals surface area (Å²) in [4.78, 5) is 23.1. The molecule has 0 saturated heterocycles. The molecule has 1 amide bonds. The fraction of sp³-hybridized carbons (Fsp3) is 0. The van der Waals surface area contributed by atoms with E-state index in [1.807, 2.05) is 0 Å². The van der Waals surface area contributed by atoms with Crippen LogP contribution in [0.25, 0.3) is 11.2 Å². The number of nitrogens with zero attached hydrogens (tertiary/aromatic N) is 3. The number of benzene rings is 1. The van der Waals surface area contributed by atoms with Gasteiger partial charge in [-0.2, -0.15) is 5.26 Å². The maximum Gasteiger partial charge on any atom is 0.257 e. The Labute approximate surface area is 118 Å². The zero-order chi connectivity index (χ0) is 14.8. The third kappa shape index (κ3) is 2.30. The number of rotatable bonds is 2. The van der Waals surface area contributed by atoms with Crippen LogP contribution in [0.15, 0.2) is 36.8 Å². The molecule has 0 aliphatic carbocycles. The number of fused-ring (bicyclic) bond motifs is 1. The maximum atomic E-state index is 13.2. The second-order valence-electron chi connectivity index (χ2n) is 4.22. The number of amides is 1. The monoisotopic (exact) mass is 281 g/mol. The van der Waals surface area contributed by atoms with Gasteiger partial charge in [-0.05, 0) is 24.3 Å². The maximum absolute atomic E-state index is 13.2. The van der Waals surface area contributed by atoms with Crippen LogP contribution in [-0.4, -0.2) is 20.9 Å². The molecule has 0 aliphatic heterocycles. The Kier molecular flexibility index (Phi) is 3.04. The number of anilines is 1. The Morgan fingerprint density at radius 1 is 1.33 bits per heavy atom. The second-order valence-corrected chi connectivity index (χ2v) is 4.22. The van der Waals surface area contributed by atoms with Gasteiger partial charge in [0.25, 0.3) is 5.91 Å². The van der Waals surface area contributed by atoms with Gasteiger partial charge in [0.05, 0.1) is 23.0 Å². The van der Waals surface area contributed by atoms with E-state index in [1.165, 1.54) is 24.7 Å².